The molecule has 0 bridgehead atoms. The molecule has 3 N–H and O–H groups in total. The van der Waals surface area contributed by atoms with E-state index in [9.17, 15) is 4.79 Å². The molecule has 1 saturated heterocycles. The van der Waals surface area contributed by atoms with Crippen LogP contribution in [0.4, 0.5) is 0 Å². The molecular formula is C15H29N3O. The molecule has 110 valence electrons. The summed E-state index contributed by atoms with van der Waals surface area (Å²) in [4.78, 5) is 14.4. The summed E-state index contributed by atoms with van der Waals surface area (Å²) in [6, 6.07) is 0.549. The van der Waals surface area contributed by atoms with E-state index < -0.39 is 0 Å². The molecule has 2 atom stereocenters. The van der Waals surface area contributed by atoms with Gasteiger partial charge in [0, 0.05) is 25.0 Å². The van der Waals surface area contributed by atoms with Gasteiger partial charge in [0.2, 0.25) is 5.91 Å². The second-order valence-electron chi connectivity index (χ2n) is 6.56. The second kappa shape index (κ2) is 6.71. The van der Waals surface area contributed by atoms with Crippen LogP contribution in [0.15, 0.2) is 0 Å². The van der Waals surface area contributed by atoms with E-state index in [4.69, 9.17) is 5.73 Å². The predicted octanol–water partition coefficient (Wildman–Crippen LogP) is 1.35. The Morgan fingerprint density at radius 3 is 2.47 bits per heavy atom. The minimum absolute atomic E-state index is 0.0734. The molecule has 2 unspecified atom stereocenters. The van der Waals surface area contributed by atoms with Crippen molar-refractivity contribution in [2.45, 2.75) is 58.0 Å². The fourth-order valence-corrected chi connectivity index (χ4v) is 3.06. The topological polar surface area (TPSA) is 58.4 Å². The Balaban J connectivity index is 1.72. The van der Waals surface area contributed by atoms with Crippen LogP contribution in [0.1, 0.15) is 46.0 Å². The van der Waals surface area contributed by atoms with Gasteiger partial charge in [-0.1, -0.05) is 13.8 Å². The number of nitrogens with one attached hydrogen (secondary N) is 1. The lowest BCUT2D eigenvalue weighted by Gasteiger charge is -2.31. The molecule has 0 radical (unpaired) electrons. The molecule has 1 saturated carbocycles. The molecule has 2 aliphatic rings. The largest absolute Gasteiger partial charge is 0.354 e. The van der Waals surface area contributed by atoms with E-state index >= 15 is 0 Å². The fourth-order valence-electron chi connectivity index (χ4n) is 3.06. The number of carbonyl (C=O) groups excluding carboxylic acids is 1. The summed E-state index contributed by atoms with van der Waals surface area (Å²) < 4.78 is 0. The quantitative estimate of drug-likeness (QED) is 0.732. The molecule has 0 spiro atoms. The average molecular weight is 267 g/mol. The lowest BCUT2D eigenvalue weighted by atomic mass is 10.0. The van der Waals surface area contributed by atoms with E-state index in [1.54, 1.807) is 0 Å². The number of rotatable bonds is 7. The summed E-state index contributed by atoms with van der Waals surface area (Å²) in [6.07, 6.45) is 5.50. The Kier molecular flexibility index (Phi) is 5.22. The van der Waals surface area contributed by atoms with Gasteiger partial charge in [-0.2, -0.15) is 0 Å². The number of hydrogen-bond donors (Lipinski definition) is 2. The first-order chi connectivity index (χ1) is 9.08. The monoisotopic (exact) mass is 267 g/mol. The predicted molar refractivity (Wildman–Crippen MR) is 77.8 cm³/mol. The standard InChI is InChI=1S/C15H29N3O/c1-11(2)14(18-7-3-4-8-18)10-17-15(19)9-13(16)12-5-6-12/h11-14H,3-10,16H2,1-2H3,(H,17,19). The van der Waals surface area contributed by atoms with E-state index in [-0.39, 0.29) is 11.9 Å². The maximum absolute atomic E-state index is 11.9. The lowest BCUT2D eigenvalue weighted by molar-refractivity contribution is -0.121. The third-order valence-corrected chi connectivity index (χ3v) is 4.54. The van der Waals surface area contributed by atoms with Crippen LogP contribution in [0.3, 0.4) is 0 Å². The van der Waals surface area contributed by atoms with Crippen LogP contribution in [0.25, 0.3) is 0 Å². The molecule has 1 heterocycles. The number of nitrogens with two attached hydrogens (primary N) is 1. The third kappa shape index (κ3) is 4.46. The van der Waals surface area contributed by atoms with E-state index in [0.717, 1.165) is 6.54 Å². The summed E-state index contributed by atoms with van der Waals surface area (Å²) in [6.45, 7) is 7.62. The van der Waals surface area contributed by atoms with Crippen molar-refractivity contribution in [2.75, 3.05) is 19.6 Å². The molecule has 4 heteroatoms. The highest BCUT2D eigenvalue weighted by Crippen LogP contribution is 2.32. The summed E-state index contributed by atoms with van der Waals surface area (Å²) in [5, 5.41) is 3.09. The van der Waals surface area contributed by atoms with Crippen molar-refractivity contribution in [3.8, 4) is 0 Å². The maximum atomic E-state index is 11.9. The number of hydrogen-bond acceptors (Lipinski definition) is 3. The van der Waals surface area contributed by atoms with Crippen LogP contribution in [0, 0.1) is 11.8 Å². The zero-order valence-electron chi connectivity index (χ0n) is 12.4. The van der Waals surface area contributed by atoms with Crippen molar-refractivity contribution >= 4 is 5.91 Å². The number of nitrogens with zero attached hydrogens (tertiary/aromatic N) is 1. The summed E-state index contributed by atoms with van der Waals surface area (Å²) in [5.41, 5.74) is 6.00. The Morgan fingerprint density at radius 2 is 1.95 bits per heavy atom. The van der Waals surface area contributed by atoms with Crippen LogP contribution in [0.5, 0.6) is 0 Å². The number of likely N-dealkylation sites (tertiary alicyclic amines) is 1. The molecule has 1 amide bonds. The van der Waals surface area contributed by atoms with E-state index in [1.807, 2.05) is 0 Å². The van der Waals surface area contributed by atoms with Gasteiger partial charge < -0.3 is 11.1 Å². The molecule has 0 aromatic carbocycles. The first-order valence-corrected chi connectivity index (χ1v) is 7.84. The van der Waals surface area contributed by atoms with Crippen LogP contribution < -0.4 is 11.1 Å². The Hall–Kier alpha value is -0.610. The minimum Gasteiger partial charge on any atom is -0.354 e. The first-order valence-electron chi connectivity index (χ1n) is 7.84. The van der Waals surface area contributed by atoms with E-state index in [0.29, 0.717) is 24.3 Å². The van der Waals surface area contributed by atoms with Gasteiger partial charge in [-0.3, -0.25) is 9.69 Å². The maximum Gasteiger partial charge on any atom is 0.221 e. The summed E-state index contributed by atoms with van der Waals surface area (Å²) in [7, 11) is 0. The molecule has 1 aliphatic heterocycles. The van der Waals surface area contributed by atoms with Gasteiger partial charge in [0.05, 0.1) is 0 Å². The smallest absolute Gasteiger partial charge is 0.221 e. The number of amides is 1. The number of carbonyl (C=O) groups is 1. The van der Waals surface area contributed by atoms with Crippen LogP contribution in [-0.2, 0) is 4.79 Å². The third-order valence-electron chi connectivity index (χ3n) is 4.54. The van der Waals surface area contributed by atoms with Crippen molar-refractivity contribution in [2.24, 2.45) is 17.6 Å². The summed E-state index contributed by atoms with van der Waals surface area (Å²) in [5.74, 6) is 1.31. The van der Waals surface area contributed by atoms with Crippen molar-refractivity contribution in [1.29, 1.82) is 0 Å². The average Bonchev–Trinajstić information content (AvgIpc) is 3.07. The molecule has 1 aliphatic carbocycles. The Morgan fingerprint density at radius 1 is 1.32 bits per heavy atom. The molecule has 2 rings (SSSR count). The molecule has 19 heavy (non-hydrogen) atoms. The highest BCUT2D eigenvalue weighted by molar-refractivity contribution is 5.76. The van der Waals surface area contributed by atoms with Crippen LogP contribution in [0.2, 0.25) is 0 Å². The van der Waals surface area contributed by atoms with Crippen molar-refractivity contribution in [3.05, 3.63) is 0 Å². The molecule has 0 aromatic heterocycles. The summed E-state index contributed by atoms with van der Waals surface area (Å²) >= 11 is 0. The fraction of sp³-hybridized carbons (Fsp3) is 0.933. The Bertz CT molecular complexity index is 296. The molecular weight excluding hydrogens is 238 g/mol. The second-order valence-corrected chi connectivity index (χ2v) is 6.56. The highest BCUT2D eigenvalue weighted by Gasteiger charge is 2.30. The zero-order valence-corrected chi connectivity index (χ0v) is 12.4. The van der Waals surface area contributed by atoms with Crippen LogP contribution >= 0.6 is 0 Å². The van der Waals surface area contributed by atoms with Gasteiger partial charge in [-0.05, 0) is 50.6 Å². The van der Waals surface area contributed by atoms with Crippen molar-refractivity contribution < 1.29 is 4.79 Å². The molecule has 0 aromatic rings. The highest BCUT2D eigenvalue weighted by atomic mass is 16.1. The van der Waals surface area contributed by atoms with Gasteiger partial charge in [0.15, 0.2) is 0 Å². The lowest BCUT2D eigenvalue weighted by Crippen LogP contribution is -2.46. The van der Waals surface area contributed by atoms with Gasteiger partial charge in [-0.25, -0.2) is 0 Å². The Labute approximate surface area is 117 Å². The molecule has 4 nitrogen and oxygen atoms in total. The van der Waals surface area contributed by atoms with Crippen molar-refractivity contribution in [1.82, 2.24) is 10.2 Å². The van der Waals surface area contributed by atoms with Gasteiger partial charge in [-0.15, -0.1) is 0 Å². The van der Waals surface area contributed by atoms with Gasteiger partial charge >= 0.3 is 0 Å². The van der Waals surface area contributed by atoms with Crippen LogP contribution in [-0.4, -0.2) is 42.5 Å². The van der Waals surface area contributed by atoms with Crippen molar-refractivity contribution in [3.63, 3.8) is 0 Å². The van der Waals surface area contributed by atoms with Gasteiger partial charge in [0.1, 0.15) is 0 Å². The minimum atomic E-state index is 0.0734. The van der Waals surface area contributed by atoms with Gasteiger partial charge in [0.25, 0.3) is 0 Å². The SMILES string of the molecule is CC(C)C(CNC(=O)CC(N)C1CC1)N1CCCC1. The van der Waals surface area contributed by atoms with E-state index in [2.05, 4.69) is 24.1 Å². The first kappa shape index (κ1) is 14.8. The van der Waals surface area contributed by atoms with E-state index in [1.165, 1.54) is 38.8 Å². The normalized spacial score (nSPS) is 23.6. The zero-order chi connectivity index (χ0) is 13.8. The molecule has 2 fully saturated rings.